The first-order valence-electron chi connectivity index (χ1n) is 12.4. The molecule has 37 heavy (non-hydrogen) atoms. The summed E-state index contributed by atoms with van der Waals surface area (Å²) in [6.07, 6.45) is 0.447. The largest absolute Gasteiger partial charge is 0.461 e. The number of β-amino-alcohol motifs (C(OH)–C–C–N with tert-alkyl or cyclic N) is 1. The zero-order valence-electron chi connectivity index (χ0n) is 21.1. The first kappa shape index (κ1) is 25.0. The fourth-order valence-electron chi connectivity index (χ4n) is 6.18. The third-order valence-corrected chi connectivity index (χ3v) is 8.41. The second kappa shape index (κ2) is 8.85. The minimum Gasteiger partial charge on any atom is -0.461 e. The number of hydrogen-bond donors (Lipinski definition) is 1. The van der Waals surface area contributed by atoms with E-state index in [2.05, 4.69) is 25.9 Å². The van der Waals surface area contributed by atoms with Crippen LogP contribution in [0.5, 0.6) is 6.01 Å². The highest BCUT2D eigenvalue weighted by molar-refractivity contribution is 9.10. The normalized spacial score (nSPS) is 26.9. The van der Waals surface area contributed by atoms with Gasteiger partial charge in [-0.25, -0.2) is 0 Å². The topological polar surface area (TPSA) is 93.7 Å². The molecule has 200 valence electrons. The molecule has 0 saturated carbocycles. The van der Waals surface area contributed by atoms with Crippen molar-refractivity contribution in [2.45, 2.75) is 37.3 Å². The Kier molecular flexibility index (Phi) is 5.97. The third kappa shape index (κ3) is 4.10. The summed E-state index contributed by atoms with van der Waals surface area (Å²) >= 11 is 3.56. The number of halogens is 3. The van der Waals surface area contributed by atoms with Crippen LogP contribution < -0.4 is 9.64 Å². The molecule has 3 aliphatic rings. The lowest BCUT2D eigenvalue weighted by Crippen LogP contribution is -2.44. The minimum atomic E-state index is -1.58. The first-order valence-corrected chi connectivity index (χ1v) is 13.2. The van der Waals surface area contributed by atoms with Crippen LogP contribution in [0, 0.1) is 0 Å². The maximum absolute atomic E-state index is 13.4. The summed E-state index contributed by atoms with van der Waals surface area (Å²) < 4.78 is 43.2. The molecule has 0 unspecified atom stereocenters. The number of fused-ring (bicyclic) bond motifs is 4. The highest BCUT2D eigenvalue weighted by Crippen LogP contribution is 2.43. The van der Waals surface area contributed by atoms with Gasteiger partial charge in [-0.05, 0) is 48.7 Å². The highest BCUT2D eigenvalue weighted by Gasteiger charge is 2.48. The number of anilines is 1. The van der Waals surface area contributed by atoms with Crippen LogP contribution in [-0.4, -0.2) is 91.5 Å². The Morgan fingerprint density at radius 2 is 2.03 bits per heavy atom. The maximum Gasteiger partial charge on any atom is 0.320 e. The molecule has 0 amide bonds. The molecule has 0 aromatic carbocycles. The SMILES string of the molecule is Cn1nc(Br)c2c1c1c(N3CCOC[C@@](C)(O)C3)nc(OC[C@@]34CCCN3CC(=C(F)F)C4)nc1n2C. The van der Waals surface area contributed by atoms with Gasteiger partial charge in [-0.15, -0.1) is 0 Å². The summed E-state index contributed by atoms with van der Waals surface area (Å²) in [4.78, 5) is 13.7. The lowest BCUT2D eigenvalue weighted by molar-refractivity contribution is -0.0123. The summed E-state index contributed by atoms with van der Waals surface area (Å²) in [7, 11) is 3.78. The Bertz CT molecular complexity index is 1420. The number of hydrogen-bond acceptors (Lipinski definition) is 8. The molecule has 0 aliphatic carbocycles. The average Bonchev–Trinajstić information content (AvgIpc) is 3.51. The van der Waals surface area contributed by atoms with Crippen LogP contribution in [0.2, 0.25) is 0 Å². The van der Waals surface area contributed by atoms with E-state index < -0.39 is 17.2 Å². The quantitative estimate of drug-likeness (QED) is 0.502. The van der Waals surface area contributed by atoms with E-state index in [1.54, 1.807) is 11.6 Å². The van der Waals surface area contributed by atoms with Gasteiger partial charge in [-0.3, -0.25) is 9.58 Å². The molecule has 3 aromatic rings. The zero-order valence-corrected chi connectivity index (χ0v) is 22.7. The Morgan fingerprint density at radius 3 is 2.81 bits per heavy atom. The van der Waals surface area contributed by atoms with Gasteiger partial charge in [0.25, 0.3) is 6.08 Å². The predicted molar refractivity (Wildman–Crippen MR) is 137 cm³/mol. The second-order valence-corrected chi connectivity index (χ2v) is 11.5. The van der Waals surface area contributed by atoms with E-state index in [-0.39, 0.29) is 31.3 Å². The van der Waals surface area contributed by atoms with Crippen LogP contribution in [0.25, 0.3) is 22.1 Å². The van der Waals surface area contributed by atoms with Crippen LogP contribution in [-0.2, 0) is 18.8 Å². The van der Waals surface area contributed by atoms with Crippen LogP contribution in [0.15, 0.2) is 16.3 Å². The molecule has 0 spiro atoms. The van der Waals surface area contributed by atoms with Crippen molar-refractivity contribution in [2.75, 3.05) is 50.9 Å². The molecule has 13 heteroatoms. The molecule has 1 N–H and O–H groups in total. The third-order valence-electron chi connectivity index (χ3n) is 7.87. The summed E-state index contributed by atoms with van der Waals surface area (Å²) in [5, 5.41) is 16.2. The molecule has 10 nitrogen and oxygen atoms in total. The van der Waals surface area contributed by atoms with Crippen molar-refractivity contribution in [2.24, 2.45) is 14.1 Å². The number of ether oxygens (including phenoxy) is 2. The molecule has 6 rings (SSSR count). The van der Waals surface area contributed by atoms with Crippen molar-refractivity contribution in [3.63, 3.8) is 0 Å². The molecule has 0 bridgehead atoms. The molecule has 0 radical (unpaired) electrons. The van der Waals surface area contributed by atoms with Crippen LogP contribution in [0.1, 0.15) is 26.2 Å². The first-order chi connectivity index (χ1) is 17.6. The second-order valence-electron chi connectivity index (χ2n) is 10.7. The summed E-state index contributed by atoms with van der Waals surface area (Å²) in [6.45, 7) is 4.53. The van der Waals surface area contributed by atoms with Gasteiger partial charge < -0.3 is 24.0 Å². The summed E-state index contributed by atoms with van der Waals surface area (Å²) in [5.41, 5.74) is 1.05. The Morgan fingerprint density at radius 1 is 1.22 bits per heavy atom. The van der Waals surface area contributed by atoms with Gasteiger partial charge in [-0.2, -0.15) is 23.8 Å². The van der Waals surface area contributed by atoms with Gasteiger partial charge in [0.05, 0.1) is 30.7 Å². The molecule has 2 atom stereocenters. The van der Waals surface area contributed by atoms with Crippen LogP contribution in [0.4, 0.5) is 14.6 Å². The van der Waals surface area contributed by atoms with E-state index in [0.717, 1.165) is 35.8 Å². The zero-order chi connectivity index (χ0) is 26.1. The number of aliphatic hydroxyl groups is 1. The van der Waals surface area contributed by atoms with Crippen molar-refractivity contribution < 1.29 is 23.4 Å². The van der Waals surface area contributed by atoms with E-state index in [0.29, 0.717) is 42.2 Å². The van der Waals surface area contributed by atoms with Gasteiger partial charge in [-0.1, -0.05) is 0 Å². The molecule has 3 aliphatic heterocycles. The fourth-order valence-corrected chi connectivity index (χ4v) is 6.87. The van der Waals surface area contributed by atoms with Crippen molar-refractivity contribution in [1.29, 1.82) is 0 Å². The van der Waals surface area contributed by atoms with E-state index in [4.69, 9.17) is 19.4 Å². The van der Waals surface area contributed by atoms with Crippen molar-refractivity contribution in [3.8, 4) is 6.01 Å². The minimum absolute atomic E-state index is 0.182. The van der Waals surface area contributed by atoms with Crippen LogP contribution in [0.3, 0.4) is 0 Å². The van der Waals surface area contributed by atoms with E-state index in [1.165, 1.54) is 0 Å². The van der Waals surface area contributed by atoms with E-state index in [9.17, 15) is 13.9 Å². The molecule has 3 fully saturated rings. The number of aryl methyl sites for hydroxylation is 2. The molecule has 6 heterocycles. The number of nitrogens with zero attached hydrogens (tertiary/aromatic N) is 7. The predicted octanol–water partition coefficient (Wildman–Crippen LogP) is 2.97. The molecular weight excluding hydrogens is 552 g/mol. The Hall–Kier alpha value is -2.35. The van der Waals surface area contributed by atoms with Gasteiger partial charge in [0.15, 0.2) is 10.3 Å². The van der Waals surface area contributed by atoms with Gasteiger partial charge in [0.1, 0.15) is 29.1 Å². The lowest BCUT2D eigenvalue weighted by atomic mass is 9.94. The number of rotatable bonds is 4. The number of aromatic nitrogens is 5. The summed E-state index contributed by atoms with van der Waals surface area (Å²) in [5.74, 6) is 0.620. The van der Waals surface area contributed by atoms with Crippen molar-refractivity contribution in [1.82, 2.24) is 29.2 Å². The van der Waals surface area contributed by atoms with Crippen molar-refractivity contribution in [3.05, 3.63) is 16.3 Å². The maximum atomic E-state index is 13.4. The van der Waals surface area contributed by atoms with Crippen molar-refractivity contribution >= 4 is 43.8 Å². The standard InChI is InChI=1S/C24H30BrF2N7O3/c1-23(35)11-33(7-8-36-12-23)21-15-16-17(18(25)30-32(16)3)31(2)20(15)28-22(29-21)37-13-24-5-4-6-34(24)10-14(9-24)19(26)27/h35H,4-13H2,1-3H3/t23-,24-/m0/s1. The lowest BCUT2D eigenvalue weighted by Gasteiger charge is -2.31. The van der Waals surface area contributed by atoms with Crippen LogP contribution >= 0.6 is 15.9 Å². The highest BCUT2D eigenvalue weighted by atomic mass is 79.9. The summed E-state index contributed by atoms with van der Waals surface area (Å²) in [6, 6.07) is 0.182. The fraction of sp³-hybridized carbons (Fsp3) is 0.625. The molecule has 3 aromatic heterocycles. The van der Waals surface area contributed by atoms with Gasteiger partial charge in [0.2, 0.25) is 0 Å². The van der Waals surface area contributed by atoms with E-state index in [1.807, 2.05) is 23.6 Å². The van der Waals surface area contributed by atoms with E-state index >= 15 is 0 Å². The van der Waals surface area contributed by atoms with Gasteiger partial charge >= 0.3 is 6.01 Å². The Balaban J connectivity index is 1.44. The average molecular weight is 582 g/mol. The monoisotopic (exact) mass is 581 g/mol. The molecule has 3 saturated heterocycles. The Labute approximate surface area is 220 Å². The molecular formula is C24H30BrF2N7O3. The van der Waals surface area contributed by atoms with Gasteiger partial charge in [0, 0.05) is 32.8 Å². The smallest absolute Gasteiger partial charge is 0.320 e.